The van der Waals surface area contributed by atoms with E-state index in [1.54, 1.807) is 0 Å². The van der Waals surface area contributed by atoms with Crippen LogP contribution in [0, 0.1) is 17.8 Å². The molecule has 0 aromatic rings. The highest BCUT2D eigenvalue weighted by Gasteiger charge is 2.13. The molecule has 0 spiro atoms. The summed E-state index contributed by atoms with van der Waals surface area (Å²) in [7, 11) is 0. The first-order valence-electron chi connectivity index (χ1n) is 7.74. The van der Waals surface area contributed by atoms with Crippen molar-refractivity contribution in [2.24, 2.45) is 17.8 Å². The summed E-state index contributed by atoms with van der Waals surface area (Å²) < 4.78 is 0. The summed E-state index contributed by atoms with van der Waals surface area (Å²) in [5.41, 5.74) is 0. The van der Waals surface area contributed by atoms with Crippen molar-refractivity contribution < 1.29 is 0 Å². The third-order valence-electron chi connectivity index (χ3n) is 4.23. The molecule has 3 atom stereocenters. The zero-order valence-electron chi connectivity index (χ0n) is 13.1. The molecule has 0 fully saturated rings. The molecule has 0 bridgehead atoms. The maximum atomic E-state index is 3.67. The van der Waals surface area contributed by atoms with Crippen LogP contribution in [0.4, 0.5) is 0 Å². The number of hydrogen-bond acceptors (Lipinski definition) is 1. The van der Waals surface area contributed by atoms with Gasteiger partial charge in [0.2, 0.25) is 0 Å². The van der Waals surface area contributed by atoms with Crippen LogP contribution in [-0.2, 0) is 0 Å². The maximum Gasteiger partial charge on any atom is 0.00362 e. The van der Waals surface area contributed by atoms with Gasteiger partial charge in [0.05, 0.1) is 0 Å². The second-order valence-corrected chi connectivity index (χ2v) is 6.17. The standard InChI is InChI=1S/C16H35N/c1-7-9-16(12-17-15(6)8-2)11-10-14(5)13(3)4/h13-17H,7-12H2,1-6H3. The Morgan fingerprint density at radius 3 is 2.00 bits per heavy atom. The van der Waals surface area contributed by atoms with Gasteiger partial charge in [0.15, 0.2) is 0 Å². The van der Waals surface area contributed by atoms with E-state index in [0.717, 1.165) is 17.8 Å². The fourth-order valence-electron chi connectivity index (χ4n) is 2.10. The highest BCUT2D eigenvalue weighted by molar-refractivity contribution is 4.68. The highest BCUT2D eigenvalue weighted by Crippen LogP contribution is 2.21. The van der Waals surface area contributed by atoms with E-state index < -0.39 is 0 Å². The average Bonchev–Trinajstić information content (AvgIpc) is 2.31. The molecule has 0 aromatic heterocycles. The summed E-state index contributed by atoms with van der Waals surface area (Å²) in [6.07, 6.45) is 6.74. The Balaban J connectivity index is 3.89. The van der Waals surface area contributed by atoms with Gasteiger partial charge >= 0.3 is 0 Å². The van der Waals surface area contributed by atoms with Crippen LogP contribution in [0.25, 0.3) is 0 Å². The van der Waals surface area contributed by atoms with Gasteiger partial charge in [-0.15, -0.1) is 0 Å². The molecular weight excluding hydrogens is 206 g/mol. The predicted molar refractivity (Wildman–Crippen MR) is 79.4 cm³/mol. The summed E-state index contributed by atoms with van der Waals surface area (Å²) >= 11 is 0. The molecule has 0 aliphatic rings. The summed E-state index contributed by atoms with van der Waals surface area (Å²) in [6, 6.07) is 0.678. The van der Waals surface area contributed by atoms with Crippen molar-refractivity contribution in [2.75, 3.05) is 6.54 Å². The van der Waals surface area contributed by atoms with E-state index in [2.05, 4.69) is 46.9 Å². The van der Waals surface area contributed by atoms with Crippen molar-refractivity contribution in [3.8, 4) is 0 Å². The van der Waals surface area contributed by atoms with E-state index in [-0.39, 0.29) is 0 Å². The van der Waals surface area contributed by atoms with Crippen LogP contribution in [0.15, 0.2) is 0 Å². The molecule has 1 nitrogen and oxygen atoms in total. The lowest BCUT2D eigenvalue weighted by Crippen LogP contribution is -2.31. The van der Waals surface area contributed by atoms with E-state index in [1.807, 2.05) is 0 Å². The average molecular weight is 241 g/mol. The van der Waals surface area contributed by atoms with Crippen molar-refractivity contribution in [1.29, 1.82) is 0 Å². The molecule has 0 saturated heterocycles. The lowest BCUT2D eigenvalue weighted by Gasteiger charge is -2.22. The second-order valence-electron chi connectivity index (χ2n) is 6.17. The van der Waals surface area contributed by atoms with Gasteiger partial charge < -0.3 is 5.32 Å². The van der Waals surface area contributed by atoms with Crippen LogP contribution in [0.2, 0.25) is 0 Å². The molecule has 0 radical (unpaired) electrons. The molecule has 0 amide bonds. The largest absolute Gasteiger partial charge is 0.314 e. The lowest BCUT2D eigenvalue weighted by molar-refractivity contribution is 0.316. The number of hydrogen-bond donors (Lipinski definition) is 1. The Morgan fingerprint density at radius 1 is 0.882 bits per heavy atom. The minimum Gasteiger partial charge on any atom is -0.314 e. The van der Waals surface area contributed by atoms with E-state index >= 15 is 0 Å². The molecule has 0 aliphatic carbocycles. The minimum atomic E-state index is 0.678. The SMILES string of the molecule is CCCC(CCC(C)C(C)C)CNC(C)CC. The van der Waals surface area contributed by atoms with Crippen molar-refractivity contribution >= 4 is 0 Å². The van der Waals surface area contributed by atoms with Gasteiger partial charge in [-0.2, -0.15) is 0 Å². The van der Waals surface area contributed by atoms with Gasteiger partial charge in [-0.05, 0) is 50.5 Å². The maximum absolute atomic E-state index is 3.67. The van der Waals surface area contributed by atoms with Gasteiger partial charge in [0, 0.05) is 6.04 Å². The molecule has 0 aromatic carbocycles. The van der Waals surface area contributed by atoms with Crippen LogP contribution in [0.5, 0.6) is 0 Å². The Labute approximate surface area is 110 Å². The van der Waals surface area contributed by atoms with Crippen LogP contribution >= 0.6 is 0 Å². The first kappa shape index (κ1) is 17.0. The first-order valence-corrected chi connectivity index (χ1v) is 7.74. The zero-order valence-corrected chi connectivity index (χ0v) is 13.1. The fourth-order valence-corrected chi connectivity index (χ4v) is 2.10. The van der Waals surface area contributed by atoms with Gasteiger partial charge in [-0.3, -0.25) is 0 Å². The summed E-state index contributed by atoms with van der Waals surface area (Å²) in [5, 5.41) is 3.67. The molecule has 3 unspecified atom stereocenters. The van der Waals surface area contributed by atoms with Crippen molar-refractivity contribution in [3.63, 3.8) is 0 Å². The minimum absolute atomic E-state index is 0.678. The molecule has 17 heavy (non-hydrogen) atoms. The topological polar surface area (TPSA) is 12.0 Å². The normalized spacial score (nSPS) is 17.1. The molecule has 1 heteroatoms. The highest BCUT2D eigenvalue weighted by atomic mass is 14.9. The zero-order chi connectivity index (χ0) is 13.3. The molecule has 104 valence electrons. The summed E-state index contributed by atoms with van der Waals surface area (Å²) in [5.74, 6) is 2.59. The fraction of sp³-hybridized carbons (Fsp3) is 1.00. The lowest BCUT2D eigenvalue weighted by atomic mass is 9.88. The first-order chi connectivity index (χ1) is 8.01. The van der Waals surface area contributed by atoms with Gasteiger partial charge in [0.1, 0.15) is 0 Å². The Kier molecular flexibility index (Phi) is 9.91. The Morgan fingerprint density at radius 2 is 1.53 bits per heavy atom. The molecular formula is C16H35N. The second kappa shape index (κ2) is 9.94. The molecule has 0 heterocycles. The molecule has 0 rings (SSSR count). The quantitative estimate of drug-likeness (QED) is 0.576. The molecule has 0 saturated carbocycles. The summed E-state index contributed by atoms with van der Waals surface area (Å²) in [6.45, 7) is 15.2. The van der Waals surface area contributed by atoms with E-state index in [1.165, 1.54) is 38.6 Å². The Hall–Kier alpha value is -0.0400. The van der Waals surface area contributed by atoms with Crippen LogP contribution in [0.1, 0.15) is 73.6 Å². The third kappa shape index (κ3) is 8.65. The predicted octanol–water partition coefficient (Wildman–Crippen LogP) is 4.86. The van der Waals surface area contributed by atoms with Crippen molar-refractivity contribution in [3.05, 3.63) is 0 Å². The summed E-state index contributed by atoms with van der Waals surface area (Å²) in [4.78, 5) is 0. The van der Waals surface area contributed by atoms with Crippen LogP contribution in [-0.4, -0.2) is 12.6 Å². The third-order valence-corrected chi connectivity index (χ3v) is 4.23. The van der Waals surface area contributed by atoms with Gasteiger partial charge in [0.25, 0.3) is 0 Å². The smallest absolute Gasteiger partial charge is 0.00362 e. The van der Waals surface area contributed by atoms with E-state index in [9.17, 15) is 0 Å². The van der Waals surface area contributed by atoms with E-state index in [4.69, 9.17) is 0 Å². The number of rotatable bonds is 10. The van der Waals surface area contributed by atoms with Crippen LogP contribution in [0.3, 0.4) is 0 Å². The van der Waals surface area contributed by atoms with E-state index in [0.29, 0.717) is 6.04 Å². The van der Waals surface area contributed by atoms with Gasteiger partial charge in [-0.25, -0.2) is 0 Å². The van der Waals surface area contributed by atoms with Crippen molar-refractivity contribution in [2.45, 2.75) is 79.7 Å². The molecule has 1 N–H and O–H groups in total. The monoisotopic (exact) mass is 241 g/mol. The van der Waals surface area contributed by atoms with Gasteiger partial charge in [-0.1, -0.05) is 47.5 Å². The van der Waals surface area contributed by atoms with Crippen LogP contribution < -0.4 is 5.32 Å². The van der Waals surface area contributed by atoms with Crippen molar-refractivity contribution in [1.82, 2.24) is 5.32 Å². The Bertz CT molecular complexity index is 165. The number of nitrogens with one attached hydrogen (secondary N) is 1. The molecule has 0 aliphatic heterocycles.